The summed E-state index contributed by atoms with van der Waals surface area (Å²) < 4.78 is 5.63. The van der Waals surface area contributed by atoms with Crippen molar-refractivity contribution in [2.45, 2.75) is 26.4 Å². The molecule has 0 bridgehead atoms. The fourth-order valence-corrected chi connectivity index (χ4v) is 2.42. The molecule has 0 spiro atoms. The average Bonchev–Trinajstić information content (AvgIpc) is 2.46. The molecule has 3 nitrogen and oxygen atoms in total. The lowest BCUT2D eigenvalue weighted by Crippen LogP contribution is -2.15. The van der Waals surface area contributed by atoms with E-state index in [1.54, 1.807) is 0 Å². The van der Waals surface area contributed by atoms with Crippen LogP contribution < -0.4 is 0 Å². The predicted octanol–water partition coefficient (Wildman–Crippen LogP) is 3.69. The lowest BCUT2D eigenvalue weighted by molar-refractivity contribution is -0.144. The molecule has 2 rings (SSSR count). The van der Waals surface area contributed by atoms with Crippen molar-refractivity contribution in [3.63, 3.8) is 0 Å². The zero-order chi connectivity index (χ0) is 15.2. The molecular formula is C18H20O3. The van der Waals surface area contributed by atoms with Gasteiger partial charge in [0.05, 0.1) is 6.10 Å². The van der Waals surface area contributed by atoms with Crippen LogP contribution in [0, 0.1) is 13.8 Å². The van der Waals surface area contributed by atoms with Gasteiger partial charge in [-0.05, 0) is 36.1 Å². The Balaban J connectivity index is 2.26. The number of ether oxygens (including phenoxy) is 1. The van der Waals surface area contributed by atoms with Gasteiger partial charge in [-0.25, -0.2) is 4.79 Å². The van der Waals surface area contributed by atoms with Crippen molar-refractivity contribution in [1.29, 1.82) is 0 Å². The Morgan fingerprint density at radius 1 is 1.05 bits per heavy atom. The Bertz CT molecular complexity index is 619. The fraction of sp³-hybridized carbons (Fsp3) is 0.278. The summed E-state index contributed by atoms with van der Waals surface area (Å²) in [5.41, 5.74) is 4.52. The predicted molar refractivity (Wildman–Crippen MR) is 82.4 cm³/mol. The van der Waals surface area contributed by atoms with Gasteiger partial charge in [0.25, 0.3) is 0 Å². The van der Waals surface area contributed by atoms with Crippen LogP contribution in [0.15, 0.2) is 48.5 Å². The summed E-state index contributed by atoms with van der Waals surface area (Å²) in [6.45, 7) is 3.79. The highest BCUT2D eigenvalue weighted by Crippen LogP contribution is 2.26. The van der Waals surface area contributed by atoms with E-state index in [4.69, 9.17) is 9.84 Å². The van der Waals surface area contributed by atoms with E-state index in [1.807, 2.05) is 43.3 Å². The molecule has 0 fully saturated rings. The van der Waals surface area contributed by atoms with Crippen LogP contribution in [-0.2, 0) is 16.0 Å². The number of benzene rings is 2. The van der Waals surface area contributed by atoms with Crippen molar-refractivity contribution < 1.29 is 14.6 Å². The van der Waals surface area contributed by atoms with E-state index in [-0.39, 0.29) is 12.7 Å². The topological polar surface area (TPSA) is 46.5 Å². The standard InChI is InChI=1S/C18H20O3/c1-13-7-3-5-9-15(13)11-17(21-12-18(19)20)16-10-6-4-8-14(16)2/h3-10,17H,11-12H2,1-2H3,(H,19,20). The van der Waals surface area contributed by atoms with Crippen LogP contribution in [0.1, 0.15) is 28.4 Å². The highest BCUT2D eigenvalue weighted by atomic mass is 16.5. The van der Waals surface area contributed by atoms with Crippen molar-refractivity contribution in [3.8, 4) is 0 Å². The molecule has 1 atom stereocenters. The second-order valence-electron chi connectivity index (χ2n) is 5.18. The van der Waals surface area contributed by atoms with Crippen molar-refractivity contribution in [2.24, 2.45) is 0 Å². The number of rotatable bonds is 6. The Hall–Kier alpha value is -2.13. The molecule has 2 aromatic carbocycles. The molecule has 110 valence electrons. The van der Waals surface area contributed by atoms with Gasteiger partial charge in [0.15, 0.2) is 0 Å². The molecule has 0 aliphatic heterocycles. The second kappa shape index (κ2) is 7.04. The van der Waals surface area contributed by atoms with E-state index in [0.717, 1.165) is 11.1 Å². The minimum Gasteiger partial charge on any atom is -0.480 e. The molecule has 0 amide bonds. The first-order chi connectivity index (χ1) is 10.1. The summed E-state index contributed by atoms with van der Waals surface area (Å²) in [4.78, 5) is 10.8. The van der Waals surface area contributed by atoms with Gasteiger partial charge < -0.3 is 9.84 Å². The van der Waals surface area contributed by atoms with Gasteiger partial charge in [-0.3, -0.25) is 0 Å². The summed E-state index contributed by atoms with van der Waals surface area (Å²) in [7, 11) is 0. The Kier molecular flexibility index (Phi) is 5.12. The third kappa shape index (κ3) is 4.17. The van der Waals surface area contributed by atoms with Crippen molar-refractivity contribution >= 4 is 5.97 Å². The van der Waals surface area contributed by atoms with Gasteiger partial charge in [0.1, 0.15) is 6.61 Å². The van der Waals surface area contributed by atoms with Crippen LogP contribution in [0.5, 0.6) is 0 Å². The van der Waals surface area contributed by atoms with Crippen LogP contribution in [0.25, 0.3) is 0 Å². The van der Waals surface area contributed by atoms with Crippen LogP contribution in [0.4, 0.5) is 0 Å². The molecule has 0 aliphatic carbocycles. The number of aryl methyl sites for hydroxylation is 2. The molecule has 0 heterocycles. The number of carboxylic acid groups (broad SMARTS) is 1. The molecule has 0 saturated heterocycles. The molecule has 0 radical (unpaired) electrons. The van der Waals surface area contributed by atoms with Crippen LogP contribution in [-0.4, -0.2) is 17.7 Å². The fourth-order valence-electron chi connectivity index (χ4n) is 2.42. The Labute approximate surface area is 125 Å². The molecule has 0 aliphatic rings. The molecular weight excluding hydrogens is 264 g/mol. The third-order valence-corrected chi connectivity index (χ3v) is 3.61. The maximum atomic E-state index is 10.8. The highest BCUT2D eigenvalue weighted by Gasteiger charge is 2.17. The number of hydrogen-bond donors (Lipinski definition) is 1. The maximum Gasteiger partial charge on any atom is 0.329 e. The van der Waals surface area contributed by atoms with E-state index in [9.17, 15) is 4.79 Å². The van der Waals surface area contributed by atoms with Gasteiger partial charge >= 0.3 is 5.97 Å². The zero-order valence-corrected chi connectivity index (χ0v) is 12.4. The SMILES string of the molecule is Cc1ccccc1CC(OCC(=O)O)c1ccccc1C. The number of hydrogen-bond acceptors (Lipinski definition) is 2. The van der Waals surface area contributed by atoms with Crippen molar-refractivity contribution in [2.75, 3.05) is 6.61 Å². The van der Waals surface area contributed by atoms with Gasteiger partial charge in [-0.15, -0.1) is 0 Å². The highest BCUT2D eigenvalue weighted by molar-refractivity contribution is 5.68. The van der Waals surface area contributed by atoms with E-state index in [1.165, 1.54) is 11.1 Å². The summed E-state index contributed by atoms with van der Waals surface area (Å²) in [6.07, 6.45) is 0.425. The maximum absolute atomic E-state index is 10.8. The summed E-state index contributed by atoms with van der Waals surface area (Å²) >= 11 is 0. The normalized spacial score (nSPS) is 12.1. The van der Waals surface area contributed by atoms with Crippen molar-refractivity contribution in [1.82, 2.24) is 0 Å². The van der Waals surface area contributed by atoms with Gasteiger partial charge in [-0.2, -0.15) is 0 Å². The summed E-state index contributed by atoms with van der Waals surface area (Å²) in [5, 5.41) is 8.87. The molecule has 0 aromatic heterocycles. The van der Waals surface area contributed by atoms with E-state index in [0.29, 0.717) is 6.42 Å². The molecule has 1 N–H and O–H groups in total. The van der Waals surface area contributed by atoms with Crippen LogP contribution >= 0.6 is 0 Å². The van der Waals surface area contributed by atoms with Crippen LogP contribution in [0.3, 0.4) is 0 Å². The summed E-state index contributed by atoms with van der Waals surface area (Å²) in [5.74, 6) is -0.946. The average molecular weight is 284 g/mol. The Morgan fingerprint density at radius 2 is 1.67 bits per heavy atom. The van der Waals surface area contributed by atoms with Gasteiger partial charge in [-0.1, -0.05) is 48.5 Å². The second-order valence-corrected chi connectivity index (χ2v) is 5.18. The lowest BCUT2D eigenvalue weighted by atomic mass is 9.95. The lowest BCUT2D eigenvalue weighted by Gasteiger charge is -2.20. The van der Waals surface area contributed by atoms with E-state index < -0.39 is 5.97 Å². The first-order valence-corrected chi connectivity index (χ1v) is 7.01. The van der Waals surface area contributed by atoms with E-state index in [2.05, 4.69) is 19.1 Å². The number of carboxylic acids is 1. The summed E-state index contributed by atoms with van der Waals surface area (Å²) in [6, 6.07) is 16.1. The quantitative estimate of drug-likeness (QED) is 0.880. The Morgan fingerprint density at radius 3 is 2.29 bits per heavy atom. The minimum absolute atomic E-state index is 0.247. The third-order valence-electron chi connectivity index (χ3n) is 3.61. The van der Waals surface area contributed by atoms with Gasteiger partial charge in [0, 0.05) is 6.42 Å². The molecule has 2 aromatic rings. The van der Waals surface area contributed by atoms with Crippen molar-refractivity contribution in [3.05, 3.63) is 70.8 Å². The molecule has 3 heteroatoms. The largest absolute Gasteiger partial charge is 0.480 e. The zero-order valence-electron chi connectivity index (χ0n) is 12.4. The number of carbonyl (C=O) groups is 1. The minimum atomic E-state index is -0.946. The first kappa shape index (κ1) is 15.3. The van der Waals surface area contributed by atoms with Crippen LogP contribution in [0.2, 0.25) is 0 Å². The monoisotopic (exact) mass is 284 g/mol. The molecule has 1 unspecified atom stereocenters. The number of aliphatic carboxylic acids is 1. The molecule has 21 heavy (non-hydrogen) atoms. The van der Waals surface area contributed by atoms with Gasteiger partial charge in [0.2, 0.25) is 0 Å². The molecule has 0 saturated carbocycles. The van der Waals surface area contributed by atoms with E-state index >= 15 is 0 Å². The smallest absolute Gasteiger partial charge is 0.329 e. The first-order valence-electron chi connectivity index (χ1n) is 7.01.